The molecule has 1 N–H and O–H groups in total. The number of carbonyl (C=O) groups is 1. The van der Waals surface area contributed by atoms with Gasteiger partial charge >= 0.3 is 0 Å². The molecule has 3 rings (SSSR count). The summed E-state index contributed by atoms with van der Waals surface area (Å²) in [6.07, 6.45) is 6.12. The van der Waals surface area contributed by atoms with Crippen LogP contribution in [-0.2, 0) is 4.79 Å². The van der Waals surface area contributed by atoms with Gasteiger partial charge in [-0.25, -0.2) is 0 Å². The van der Waals surface area contributed by atoms with E-state index in [2.05, 4.69) is 22.0 Å². The Morgan fingerprint density at radius 2 is 1.75 bits per heavy atom. The number of amides is 1. The lowest BCUT2D eigenvalue weighted by Gasteiger charge is -2.38. The van der Waals surface area contributed by atoms with Gasteiger partial charge < -0.3 is 20.0 Å². The first-order valence-corrected chi connectivity index (χ1v) is 10.1. The van der Waals surface area contributed by atoms with Gasteiger partial charge in [-0.3, -0.25) is 4.79 Å². The Bertz CT molecular complexity index is 389. The Hall–Kier alpha value is -0.650. The molecule has 0 aromatic heterocycles. The van der Waals surface area contributed by atoms with Crippen molar-refractivity contribution in [3.05, 3.63) is 0 Å². The van der Waals surface area contributed by atoms with Crippen molar-refractivity contribution in [2.45, 2.75) is 39.0 Å². The largest absolute Gasteiger partial charge is 0.340 e. The molecule has 3 aliphatic rings. The van der Waals surface area contributed by atoms with Gasteiger partial charge in [0.25, 0.3) is 0 Å². The topological polar surface area (TPSA) is 38.8 Å². The van der Waals surface area contributed by atoms with Crippen molar-refractivity contribution in [2.24, 2.45) is 11.8 Å². The van der Waals surface area contributed by atoms with Crippen LogP contribution in [-0.4, -0.2) is 86.1 Å². The Kier molecular flexibility index (Phi) is 6.93. The maximum absolute atomic E-state index is 12.3. The number of likely N-dealkylation sites (tertiary alicyclic amines) is 2. The SMILES string of the molecule is CC1CCN(CC2CCCN(CCC(=O)N3CCNCC3)C2)CC1. The molecule has 3 heterocycles. The molecule has 1 atom stereocenters. The Balaban J connectivity index is 1.36. The third kappa shape index (κ3) is 5.43. The average molecular weight is 337 g/mol. The van der Waals surface area contributed by atoms with Gasteiger partial charge in [0.1, 0.15) is 0 Å². The van der Waals surface area contributed by atoms with Crippen LogP contribution in [0.15, 0.2) is 0 Å². The highest BCUT2D eigenvalue weighted by Gasteiger charge is 2.25. The van der Waals surface area contributed by atoms with Gasteiger partial charge in [-0.15, -0.1) is 0 Å². The number of hydrogen-bond acceptors (Lipinski definition) is 4. The van der Waals surface area contributed by atoms with E-state index in [-0.39, 0.29) is 0 Å². The molecule has 0 radical (unpaired) electrons. The van der Waals surface area contributed by atoms with Gasteiger partial charge in [0.2, 0.25) is 5.91 Å². The molecule has 0 spiro atoms. The Morgan fingerprint density at radius 1 is 1.00 bits per heavy atom. The molecule has 0 aromatic rings. The number of nitrogens with one attached hydrogen (secondary N) is 1. The summed E-state index contributed by atoms with van der Waals surface area (Å²) in [4.78, 5) is 19.6. The van der Waals surface area contributed by atoms with E-state index in [0.717, 1.165) is 44.6 Å². The fourth-order valence-electron chi connectivity index (χ4n) is 4.44. The zero-order chi connectivity index (χ0) is 16.8. The molecule has 3 fully saturated rings. The van der Waals surface area contributed by atoms with Crippen LogP contribution in [0.1, 0.15) is 39.0 Å². The van der Waals surface area contributed by atoms with E-state index in [1.54, 1.807) is 0 Å². The third-order valence-corrected chi connectivity index (χ3v) is 6.11. The molecule has 5 nitrogen and oxygen atoms in total. The second-order valence-corrected chi connectivity index (χ2v) is 8.17. The number of carbonyl (C=O) groups excluding carboxylic acids is 1. The maximum atomic E-state index is 12.3. The van der Waals surface area contributed by atoms with Crippen LogP contribution < -0.4 is 5.32 Å². The summed E-state index contributed by atoms with van der Waals surface area (Å²) in [5.41, 5.74) is 0. The predicted molar refractivity (Wildman–Crippen MR) is 98.1 cm³/mol. The van der Waals surface area contributed by atoms with E-state index >= 15 is 0 Å². The number of piperazine rings is 1. The Labute approximate surface area is 147 Å². The van der Waals surface area contributed by atoms with E-state index in [1.807, 2.05) is 4.90 Å². The lowest BCUT2D eigenvalue weighted by molar-refractivity contribution is -0.132. The van der Waals surface area contributed by atoms with Crippen molar-refractivity contribution in [1.29, 1.82) is 0 Å². The van der Waals surface area contributed by atoms with Gasteiger partial charge in [-0.05, 0) is 57.2 Å². The molecule has 138 valence electrons. The van der Waals surface area contributed by atoms with Crippen LogP contribution in [0.4, 0.5) is 0 Å². The third-order valence-electron chi connectivity index (χ3n) is 6.11. The van der Waals surface area contributed by atoms with Crippen molar-refractivity contribution < 1.29 is 4.79 Å². The predicted octanol–water partition coefficient (Wildman–Crippen LogP) is 1.25. The van der Waals surface area contributed by atoms with Crippen LogP contribution in [0.3, 0.4) is 0 Å². The van der Waals surface area contributed by atoms with Gasteiger partial charge in [-0.2, -0.15) is 0 Å². The molecule has 0 aromatic carbocycles. The van der Waals surface area contributed by atoms with E-state index in [9.17, 15) is 4.79 Å². The van der Waals surface area contributed by atoms with Crippen molar-refractivity contribution in [3.8, 4) is 0 Å². The highest BCUT2D eigenvalue weighted by Crippen LogP contribution is 2.22. The van der Waals surface area contributed by atoms with Gasteiger partial charge in [0.05, 0.1) is 0 Å². The highest BCUT2D eigenvalue weighted by molar-refractivity contribution is 5.76. The first-order valence-electron chi connectivity index (χ1n) is 10.1. The van der Waals surface area contributed by atoms with Crippen LogP contribution in [0.5, 0.6) is 0 Å². The summed E-state index contributed by atoms with van der Waals surface area (Å²) in [7, 11) is 0. The molecule has 0 bridgehead atoms. The number of rotatable bonds is 5. The molecule has 3 aliphatic heterocycles. The summed E-state index contributed by atoms with van der Waals surface area (Å²) < 4.78 is 0. The van der Waals surface area contributed by atoms with Crippen LogP contribution in [0.25, 0.3) is 0 Å². The molecule has 5 heteroatoms. The zero-order valence-electron chi connectivity index (χ0n) is 15.5. The monoisotopic (exact) mass is 336 g/mol. The molecule has 1 amide bonds. The highest BCUT2D eigenvalue weighted by atomic mass is 16.2. The van der Waals surface area contributed by atoms with E-state index < -0.39 is 0 Å². The fraction of sp³-hybridized carbons (Fsp3) is 0.947. The summed E-state index contributed by atoms with van der Waals surface area (Å²) in [5, 5.41) is 3.31. The fourth-order valence-corrected chi connectivity index (χ4v) is 4.44. The van der Waals surface area contributed by atoms with Crippen LogP contribution in [0, 0.1) is 11.8 Å². The minimum absolute atomic E-state index is 0.351. The normalized spacial score (nSPS) is 28.2. The molecule has 0 saturated carbocycles. The van der Waals surface area contributed by atoms with Crippen molar-refractivity contribution >= 4 is 5.91 Å². The standard InChI is InChI=1S/C19H36N4O/c1-17-4-10-22(11-5-17)16-18-3-2-9-21(15-18)12-6-19(24)23-13-7-20-8-14-23/h17-18,20H,2-16H2,1H3. The molecular formula is C19H36N4O. The van der Waals surface area contributed by atoms with E-state index in [4.69, 9.17) is 0 Å². The molecule has 0 aliphatic carbocycles. The summed E-state index contributed by atoms with van der Waals surface area (Å²) in [5.74, 6) is 2.07. The lowest BCUT2D eigenvalue weighted by Crippen LogP contribution is -2.48. The van der Waals surface area contributed by atoms with E-state index in [0.29, 0.717) is 12.3 Å². The van der Waals surface area contributed by atoms with Crippen LogP contribution >= 0.6 is 0 Å². The van der Waals surface area contributed by atoms with Crippen LogP contribution in [0.2, 0.25) is 0 Å². The van der Waals surface area contributed by atoms with Gasteiger partial charge in [0, 0.05) is 52.2 Å². The smallest absolute Gasteiger partial charge is 0.223 e. The number of piperidine rings is 2. The second kappa shape index (κ2) is 9.16. The minimum atomic E-state index is 0.351. The van der Waals surface area contributed by atoms with Gasteiger partial charge in [-0.1, -0.05) is 6.92 Å². The molecule has 24 heavy (non-hydrogen) atoms. The lowest BCUT2D eigenvalue weighted by atomic mass is 9.94. The molecule has 1 unspecified atom stereocenters. The quantitative estimate of drug-likeness (QED) is 0.820. The first kappa shape index (κ1) is 18.2. The number of hydrogen-bond donors (Lipinski definition) is 1. The number of nitrogens with zero attached hydrogens (tertiary/aromatic N) is 3. The average Bonchev–Trinajstić information content (AvgIpc) is 2.63. The zero-order valence-corrected chi connectivity index (χ0v) is 15.5. The summed E-state index contributed by atoms with van der Waals surface area (Å²) in [6, 6.07) is 0. The minimum Gasteiger partial charge on any atom is -0.340 e. The second-order valence-electron chi connectivity index (χ2n) is 8.17. The summed E-state index contributed by atoms with van der Waals surface area (Å²) in [6.45, 7) is 13.2. The molecule has 3 saturated heterocycles. The summed E-state index contributed by atoms with van der Waals surface area (Å²) >= 11 is 0. The van der Waals surface area contributed by atoms with Crippen molar-refractivity contribution in [2.75, 3.05) is 65.4 Å². The first-order chi connectivity index (χ1) is 11.7. The molecular weight excluding hydrogens is 300 g/mol. The van der Waals surface area contributed by atoms with Crippen molar-refractivity contribution in [1.82, 2.24) is 20.0 Å². The Morgan fingerprint density at radius 3 is 2.50 bits per heavy atom. The maximum Gasteiger partial charge on any atom is 0.223 e. The van der Waals surface area contributed by atoms with E-state index in [1.165, 1.54) is 58.4 Å². The van der Waals surface area contributed by atoms with Crippen molar-refractivity contribution in [3.63, 3.8) is 0 Å². The van der Waals surface area contributed by atoms with Gasteiger partial charge in [0.15, 0.2) is 0 Å².